The molecule has 0 spiro atoms. The van der Waals surface area contributed by atoms with E-state index in [2.05, 4.69) is 15.5 Å². The average Bonchev–Trinajstić information content (AvgIpc) is 2.84. The van der Waals surface area contributed by atoms with E-state index in [9.17, 15) is 9.90 Å². The molecule has 1 aliphatic rings. The molecular weight excluding hydrogens is 226 g/mol. The Morgan fingerprint density at radius 2 is 2.47 bits per heavy atom. The van der Waals surface area contributed by atoms with Gasteiger partial charge in [-0.25, -0.2) is 0 Å². The Balaban J connectivity index is 2.02. The molecule has 1 aliphatic heterocycles. The van der Waals surface area contributed by atoms with Crippen LogP contribution < -0.4 is 16.8 Å². The summed E-state index contributed by atoms with van der Waals surface area (Å²) in [6.45, 7) is 0.502. The lowest BCUT2D eigenvalue weighted by Gasteiger charge is -2.03. The van der Waals surface area contributed by atoms with E-state index in [1.165, 1.54) is 0 Å². The van der Waals surface area contributed by atoms with Crippen LogP contribution in [0.25, 0.3) is 0 Å². The number of β-amino-alcohol motifs (C(OH)–C–C–N with tert-alkyl or cyclic N) is 1. The van der Waals surface area contributed by atoms with Gasteiger partial charge in [0, 0.05) is 6.54 Å². The molecule has 0 bridgehead atoms. The number of carbonyl (C=O) groups is 1. The molecule has 0 aliphatic carbocycles. The highest BCUT2D eigenvalue weighted by Gasteiger charge is 2.28. The van der Waals surface area contributed by atoms with E-state index in [-0.39, 0.29) is 18.4 Å². The van der Waals surface area contributed by atoms with Gasteiger partial charge in [0.25, 0.3) is 0 Å². The number of nitrogens with two attached hydrogens (primary N) is 2. The smallest absolute Gasteiger partial charge is 0.244 e. The van der Waals surface area contributed by atoms with Crippen LogP contribution in [0.2, 0.25) is 0 Å². The van der Waals surface area contributed by atoms with Gasteiger partial charge in [-0.15, -0.1) is 0 Å². The van der Waals surface area contributed by atoms with E-state index in [0.29, 0.717) is 18.8 Å². The number of hydrogen-bond acceptors (Lipinski definition) is 7. The number of carbonyl (C=O) groups excluding carboxylic acids is 1. The number of aromatic nitrogens is 2. The molecule has 3 atom stereocenters. The summed E-state index contributed by atoms with van der Waals surface area (Å²) in [5.41, 5.74) is 10.7. The molecule has 6 N–H and O–H groups in total. The Morgan fingerprint density at radius 3 is 3.06 bits per heavy atom. The predicted molar refractivity (Wildman–Crippen MR) is 56.4 cm³/mol. The minimum Gasteiger partial charge on any atom is -0.392 e. The van der Waals surface area contributed by atoms with E-state index >= 15 is 0 Å². The van der Waals surface area contributed by atoms with Crippen LogP contribution in [0.5, 0.6) is 0 Å². The molecule has 0 aromatic carbocycles. The molecule has 94 valence electrons. The van der Waals surface area contributed by atoms with Gasteiger partial charge >= 0.3 is 0 Å². The lowest BCUT2D eigenvalue weighted by molar-refractivity contribution is -0.118. The van der Waals surface area contributed by atoms with Crippen LogP contribution >= 0.6 is 0 Å². The maximum Gasteiger partial charge on any atom is 0.244 e. The summed E-state index contributed by atoms with van der Waals surface area (Å²) >= 11 is 0. The van der Waals surface area contributed by atoms with Crippen molar-refractivity contribution in [3.05, 3.63) is 11.7 Å². The van der Waals surface area contributed by atoms with Gasteiger partial charge in [-0.2, -0.15) is 4.98 Å². The average molecular weight is 241 g/mol. The highest BCUT2D eigenvalue weighted by Crippen LogP contribution is 2.22. The Labute approximate surface area is 97.4 Å². The van der Waals surface area contributed by atoms with Crippen LogP contribution in [0.15, 0.2) is 4.52 Å². The Bertz CT molecular complexity index is 407. The number of aliphatic hydroxyl groups is 1. The van der Waals surface area contributed by atoms with Crippen molar-refractivity contribution in [2.75, 3.05) is 6.54 Å². The van der Waals surface area contributed by atoms with Crippen LogP contribution in [0.4, 0.5) is 0 Å². The number of amides is 1. The van der Waals surface area contributed by atoms with Crippen molar-refractivity contribution < 1.29 is 14.4 Å². The second-order valence-corrected chi connectivity index (χ2v) is 4.12. The highest BCUT2D eigenvalue weighted by molar-refractivity contribution is 5.74. The first kappa shape index (κ1) is 12.0. The summed E-state index contributed by atoms with van der Waals surface area (Å²) in [7, 11) is 0. The van der Waals surface area contributed by atoms with Gasteiger partial charge in [-0.3, -0.25) is 4.79 Å². The molecular formula is C9H15N5O3. The largest absolute Gasteiger partial charge is 0.392 e. The molecule has 8 heteroatoms. The van der Waals surface area contributed by atoms with E-state index in [1.54, 1.807) is 0 Å². The van der Waals surface area contributed by atoms with E-state index in [1.807, 2.05) is 0 Å². The number of nitrogens with zero attached hydrogens (tertiary/aromatic N) is 2. The number of nitrogens with one attached hydrogen (secondary N) is 1. The fraction of sp³-hybridized carbons (Fsp3) is 0.667. The van der Waals surface area contributed by atoms with Crippen molar-refractivity contribution in [1.29, 1.82) is 0 Å². The lowest BCUT2D eigenvalue weighted by atomic mass is 10.2. The van der Waals surface area contributed by atoms with Crippen molar-refractivity contribution in [2.24, 2.45) is 11.5 Å². The number of aliphatic hydroxyl groups excluding tert-OH is 1. The Hall–Kier alpha value is -1.51. The fourth-order valence-electron chi connectivity index (χ4n) is 1.76. The summed E-state index contributed by atoms with van der Waals surface area (Å²) in [6.07, 6.45) is 0.0908. The van der Waals surface area contributed by atoms with E-state index in [4.69, 9.17) is 16.0 Å². The third kappa shape index (κ3) is 2.78. The maximum absolute atomic E-state index is 10.7. The number of rotatable bonds is 4. The number of primary amides is 1. The minimum absolute atomic E-state index is 0.0393. The molecule has 1 saturated heterocycles. The number of hydrogen-bond donors (Lipinski definition) is 4. The molecule has 2 rings (SSSR count). The second kappa shape index (κ2) is 4.78. The van der Waals surface area contributed by atoms with E-state index < -0.39 is 18.1 Å². The predicted octanol–water partition coefficient (Wildman–Crippen LogP) is -1.66. The van der Waals surface area contributed by atoms with Crippen LogP contribution in [-0.2, 0) is 4.79 Å². The van der Waals surface area contributed by atoms with Crippen molar-refractivity contribution >= 4 is 5.91 Å². The lowest BCUT2D eigenvalue weighted by Crippen LogP contribution is -2.21. The molecule has 8 nitrogen and oxygen atoms in total. The third-order valence-corrected chi connectivity index (χ3v) is 2.62. The maximum atomic E-state index is 10.7. The highest BCUT2D eigenvalue weighted by atomic mass is 16.5. The fourth-order valence-corrected chi connectivity index (χ4v) is 1.76. The topological polar surface area (TPSA) is 140 Å². The van der Waals surface area contributed by atoms with E-state index in [0.717, 1.165) is 0 Å². The SMILES string of the molecule is NC(=O)CC(N)c1nc([C@@H]2C[C@@H](O)CN2)no1. The zero-order valence-electron chi connectivity index (χ0n) is 9.17. The molecule has 0 radical (unpaired) electrons. The molecule has 1 fully saturated rings. The molecule has 0 saturated carbocycles. The van der Waals surface area contributed by atoms with Gasteiger partial charge in [0.2, 0.25) is 11.8 Å². The summed E-state index contributed by atoms with van der Waals surface area (Å²) < 4.78 is 4.96. The van der Waals surface area contributed by atoms with Crippen molar-refractivity contribution in [3.63, 3.8) is 0 Å². The first-order valence-corrected chi connectivity index (χ1v) is 5.35. The Kier molecular flexibility index (Phi) is 3.36. The second-order valence-electron chi connectivity index (χ2n) is 4.12. The molecule has 2 heterocycles. The third-order valence-electron chi connectivity index (χ3n) is 2.62. The molecule has 1 aromatic heterocycles. The van der Waals surface area contributed by atoms with Crippen LogP contribution in [0, 0.1) is 0 Å². The van der Waals surface area contributed by atoms with Crippen LogP contribution in [-0.4, -0.2) is 33.8 Å². The summed E-state index contributed by atoms with van der Waals surface area (Å²) in [4.78, 5) is 14.8. The van der Waals surface area contributed by atoms with Gasteiger partial charge in [0.1, 0.15) is 0 Å². The molecule has 17 heavy (non-hydrogen) atoms. The molecule has 1 aromatic rings. The first-order valence-electron chi connectivity index (χ1n) is 5.35. The molecule has 1 unspecified atom stereocenters. The summed E-state index contributed by atoms with van der Waals surface area (Å²) in [5, 5.41) is 16.2. The molecule has 1 amide bonds. The van der Waals surface area contributed by atoms with Gasteiger partial charge in [0.15, 0.2) is 5.82 Å². The Morgan fingerprint density at radius 1 is 1.71 bits per heavy atom. The van der Waals surface area contributed by atoms with Crippen LogP contribution in [0.3, 0.4) is 0 Å². The van der Waals surface area contributed by atoms with Gasteiger partial charge in [-0.1, -0.05) is 5.16 Å². The normalized spacial score (nSPS) is 26.0. The van der Waals surface area contributed by atoms with Gasteiger partial charge in [0.05, 0.1) is 24.6 Å². The summed E-state index contributed by atoms with van der Waals surface area (Å²) in [6, 6.07) is -0.816. The van der Waals surface area contributed by atoms with Crippen molar-refractivity contribution in [2.45, 2.75) is 31.0 Å². The van der Waals surface area contributed by atoms with Crippen LogP contribution in [0.1, 0.15) is 36.6 Å². The quantitative estimate of drug-likeness (QED) is 0.494. The standard InChI is InChI=1S/C9H15N5O3/c10-5(2-7(11)16)9-13-8(14-17-9)6-1-4(15)3-12-6/h4-6,12,15H,1-3,10H2,(H2,11,16)/t4-,5?,6+/m1/s1. The van der Waals surface area contributed by atoms with Crippen molar-refractivity contribution in [3.8, 4) is 0 Å². The zero-order valence-corrected chi connectivity index (χ0v) is 9.17. The van der Waals surface area contributed by atoms with Crippen molar-refractivity contribution in [1.82, 2.24) is 15.5 Å². The van der Waals surface area contributed by atoms with Gasteiger partial charge in [-0.05, 0) is 6.42 Å². The first-order chi connectivity index (χ1) is 8.06. The monoisotopic (exact) mass is 241 g/mol. The van der Waals surface area contributed by atoms with Gasteiger partial charge < -0.3 is 26.4 Å². The minimum atomic E-state index is -0.680. The zero-order chi connectivity index (χ0) is 12.4. The summed E-state index contributed by atoms with van der Waals surface area (Å²) in [5.74, 6) is 0.102.